The number of aromatic hydroxyl groups is 1. The van der Waals surface area contributed by atoms with Crippen molar-refractivity contribution < 1.29 is 24.5 Å². The summed E-state index contributed by atoms with van der Waals surface area (Å²) < 4.78 is 10.5. The zero-order valence-corrected chi connectivity index (χ0v) is 18.7. The molecule has 2 aliphatic rings. The van der Waals surface area contributed by atoms with Gasteiger partial charge in [0, 0.05) is 24.2 Å². The van der Waals surface area contributed by atoms with Crippen LogP contribution in [0, 0.1) is 5.92 Å². The summed E-state index contributed by atoms with van der Waals surface area (Å²) in [6.07, 6.45) is 4.43. The van der Waals surface area contributed by atoms with Gasteiger partial charge in [0.05, 0.1) is 26.4 Å². The number of amides is 1. The summed E-state index contributed by atoms with van der Waals surface area (Å²) >= 11 is 0. The van der Waals surface area contributed by atoms with Gasteiger partial charge in [-0.3, -0.25) is 9.69 Å². The van der Waals surface area contributed by atoms with Crippen LogP contribution in [-0.4, -0.2) is 53.9 Å². The smallest absolute Gasteiger partial charge is 0.238 e. The predicted octanol–water partition coefficient (Wildman–Crippen LogP) is 3.72. The van der Waals surface area contributed by atoms with Gasteiger partial charge in [0.1, 0.15) is 5.75 Å². The number of phenolic OH excluding ortho intramolecular Hbond substituents is 1. The van der Waals surface area contributed by atoms with E-state index in [0.717, 1.165) is 37.0 Å². The molecule has 4 rings (SSSR count). The van der Waals surface area contributed by atoms with E-state index in [4.69, 9.17) is 9.47 Å². The van der Waals surface area contributed by atoms with Crippen LogP contribution in [-0.2, 0) is 4.79 Å². The number of phenols is 1. The molecule has 0 bridgehead atoms. The van der Waals surface area contributed by atoms with Crippen molar-refractivity contribution >= 4 is 11.6 Å². The third kappa shape index (κ3) is 4.54. The van der Waals surface area contributed by atoms with Crippen molar-refractivity contribution in [2.24, 2.45) is 5.92 Å². The second-order valence-corrected chi connectivity index (χ2v) is 8.83. The monoisotopic (exact) mass is 440 g/mol. The van der Waals surface area contributed by atoms with E-state index in [1.807, 2.05) is 36.4 Å². The summed E-state index contributed by atoms with van der Waals surface area (Å²) in [5.74, 6) is 1.13. The standard InChI is InChI=1S/C25H32N2O5/c1-31-19-9-7-18(8-10-19)26-23(29)16-27-14-13-25(30)12-4-3-5-20(25)24(27)17-6-11-21(28)22(15-17)32-2/h6-11,15,20,24,28,30H,3-5,12-14,16H2,1-2H3,(H,26,29)/t20-,24-,25-/m0/s1. The summed E-state index contributed by atoms with van der Waals surface area (Å²) in [7, 11) is 3.13. The van der Waals surface area contributed by atoms with E-state index in [1.165, 1.54) is 7.11 Å². The Kier molecular flexibility index (Phi) is 6.58. The molecule has 3 atom stereocenters. The predicted molar refractivity (Wildman–Crippen MR) is 122 cm³/mol. The molecule has 1 aliphatic heterocycles. The lowest BCUT2D eigenvalue weighted by atomic mass is 9.66. The van der Waals surface area contributed by atoms with Gasteiger partial charge in [0.2, 0.25) is 5.91 Å². The summed E-state index contributed by atoms with van der Waals surface area (Å²) in [6.45, 7) is 0.837. The van der Waals surface area contributed by atoms with E-state index in [-0.39, 0.29) is 30.2 Å². The number of fused-ring (bicyclic) bond motifs is 1. The van der Waals surface area contributed by atoms with E-state index in [9.17, 15) is 15.0 Å². The van der Waals surface area contributed by atoms with E-state index in [0.29, 0.717) is 24.4 Å². The van der Waals surface area contributed by atoms with Gasteiger partial charge >= 0.3 is 0 Å². The first-order chi connectivity index (χ1) is 15.4. The average molecular weight is 441 g/mol. The molecule has 7 nitrogen and oxygen atoms in total. The number of nitrogens with one attached hydrogen (secondary N) is 1. The maximum Gasteiger partial charge on any atom is 0.238 e. The molecule has 1 saturated heterocycles. The van der Waals surface area contributed by atoms with Gasteiger partial charge in [-0.2, -0.15) is 0 Å². The Morgan fingerprint density at radius 1 is 1.12 bits per heavy atom. The van der Waals surface area contributed by atoms with Crippen molar-refractivity contribution in [3.63, 3.8) is 0 Å². The molecule has 172 valence electrons. The number of aliphatic hydroxyl groups is 1. The van der Waals surface area contributed by atoms with Gasteiger partial charge in [-0.1, -0.05) is 18.9 Å². The SMILES string of the molecule is COc1ccc(NC(=O)CN2CC[C@@]3(O)CCCC[C@H]3[C@@H]2c2ccc(O)c(OC)c2)cc1. The third-order valence-electron chi connectivity index (χ3n) is 6.94. The largest absolute Gasteiger partial charge is 0.504 e. The number of carbonyl (C=O) groups excluding carboxylic acids is 1. The van der Waals surface area contributed by atoms with Gasteiger partial charge in [-0.15, -0.1) is 0 Å². The number of piperidine rings is 1. The topological polar surface area (TPSA) is 91.3 Å². The molecule has 2 aromatic rings. The molecule has 2 fully saturated rings. The average Bonchev–Trinajstić information content (AvgIpc) is 2.80. The first kappa shape index (κ1) is 22.4. The Bertz CT molecular complexity index is 948. The molecule has 32 heavy (non-hydrogen) atoms. The van der Waals surface area contributed by atoms with Crippen molar-refractivity contribution in [2.45, 2.75) is 43.7 Å². The van der Waals surface area contributed by atoms with Gasteiger partial charge in [0.25, 0.3) is 0 Å². The van der Waals surface area contributed by atoms with E-state index in [1.54, 1.807) is 13.2 Å². The zero-order valence-electron chi connectivity index (χ0n) is 18.7. The highest BCUT2D eigenvalue weighted by Gasteiger charge is 2.49. The molecule has 0 aromatic heterocycles. The number of likely N-dealkylation sites (tertiary alicyclic amines) is 1. The van der Waals surface area contributed by atoms with Gasteiger partial charge in [0.15, 0.2) is 11.5 Å². The van der Waals surface area contributed by atoms with Crippen LogP contribution in [0.3, 0.4) is 0 Å². The van der Waals surface area contributed by atoms with Crippen LogP contribution in [0.15, 0.2) is 42.5 Å². The first-order valence-electron chi connectivity index (χ1n) is 11.2. The third-order valence-corrected chi connectivity index (χ3v) is 6.94. The quantitative estimate of drug-likeness (QED) is 0.634. The van der Waals surface area contributed by atoms with Crippen LogP contribution in [0.1, 0.15) is 43.7 Å². The van der Waals surface area contributed by atoms with Crippen molar-refractivity contribution in [3.05, 3.63) is 48.0 Å². The van der Waals surface area contributed by atoms with Gasteiger partial charge in [-0.25, -0.2) is 0 Å². The molecule has 2 aromatic carbocycles. The fourth-order valence-electron chi connectivity index (χ4n) is 5.30. The lowest BCUT2D eigenvalue weighted by Gasteiger charge is -2.52. The Balaban J connectivity index is 1.58. The number of hydrogen-bond acceptors (Lipinski definition) is 6. The number of nitrogens with zero attached hydrogens (tertiary/aromatic N) is 1. The number of hydrogen-bond donors (Lipinski definition) is 3. The summed E-state index contributed by atoms with van der Waals surface area (Å²) in [5.41, 5.74) is 0.934. The van der Waals surface area contributed by atoms with Crippen LogP contribution in [0.25, 0.3) is 0 Å². The molecular formula is C25H32N2O5. The molecule has 1 amide bonds. The van der Waals surface area contributed by atoms with Crippen LogP contribution in [0.5, 0.6) is 17.2 Å². The minimum absolute atomic E-state index is 0.0213. The molecule has 0 spiro atoms. The summed E-state index contributed by atoms with van der Waals surface area (Å²) in [6, 6.07) is 12.4. The highest BCUT2D eigenvalue weighted by Crippen LogP contribution is 2.50. The van der Waals surface area contributed by atoms with E-state index >= 15 is 0 Å². The van der Waals surface area contributed by atoms with E-state index < -0.39 is 5.60 Å². The molecular weight excluding hydrogens is 408 g/mol. The summed E-state index contributed by atoms with van der Waals surface area (Å²) in [5, 5.41) is 24.5. The van der Waals surface area contributed by atoms with Crippen molar-refractivity contribution in [1.29, 1.82) is 0 Å². The van der Waals surface area contributed by atoms with Crippen molar-refractivity contribution in [3.8, 4) is 17.2 Å². The Hall–Kier alpha value is -2.77. The Labute approximate surface area is 189 Å². The Morgan fingerprint density at radius 2 is 1.91 bits per heavy atom. The molecule has 1 saturated carbocycles. The van der Waals surface area contributed by atoms with E-state index in [2.05, 4.69) is 10.2 Å². The molecule has 0 unspecified atom stereocenters. The summed E-state index contributed by atoms with van der Waals surface area (Å²) in [4.78, 5) is 15.1. The normalized spacial score (nSPS) is 25.6. The van der Waals surface area contributed by atoms with Gasteiger partial charge < -0.3 is 25.0 Å². The van der Waals surface area contributed by atoms with Crippen LogP contribution < -0.4 is 14.8 Å². The van der Waals surface area contributed by atoms with Gasteiger partial charge in [-0.05, 0) is 61.2 Å². The Morgan fingerprint density at radius 3 is 2.62 bits per heavy atom. The molecule has 1 aliphatic carbocycles. The molecule has 3 N–H and O–H groups in total. The minimum atomic E-state index is -0.725. The number of benzene rings is 2. The highest BCUT2D eigenvalue weighted by molar-refractivity contribution is 5.92. The second kappa shape index (κ2) is 9.38. The second-order valence-electron chi connectivity index (χ2n) is 8.83. The number of rotatable bonds is 6. The van der Waals surface area contributed by atoms with Crippen LogP contribution in [0.4, 0.5) is 5.69 Å². The van der Waals surface area contributed by atoms with Crippen molar-refractivity contribution in [2.75, 3.05) is 32.6 Å². The fourth-order valence-corrected chi connectivity index (χ4v) is 5.30. The number of anilines is 1. The zero-order chi connectivity index (χ0) is 22.7. The fraction of sp³-hybridized carbons (Fsp3) is 0.480. The minimum Gasteiger partial charge on any atom is -0.504 e. The molecule has 0 radical (unpaired) electrons. The maximum atomic E-state index is 12.9. The first-order valence-corrected chi connectivity index (χ1v) is 11.2. The lowest BCUT2D eigenvalue weighted by molar-refractivity contribution is -0.135. The highest BCUT2D eigenvalue weighted by atomic mass is 16.5. The number of ether oxygens (including phenoxy) is 2. The maximum absolute atomic E-state index is 12.9. The number of methoxy groups -OCH3 is 2. The van der Waals surface area contributed by atoms with Crippen LogP contribution in [0.2, 0.25) is 0 Å². The number of carbonyl (C=O) groups is 1. The lowest BCUT2D eigenvalue weighted by Crippen LogP contribution is -2.56. The van der Waals surface area contributed by atoms with Crippen LogP contribution >= 0.6 is 0 Å². The molecule has 1 heterocycles. The molecule has 7 heteroatoms. The van der Waals surface area contributed by atoms with Crippen molar-refractivity contribution in [1.82, 2.24) is 4.90 Å².